The normalized spacial score (nSPS) is 12.7. The third-order valence-corrected chi connectivity index (χ3v) is 3.20. The summed E-state index contributed by atoms with van der Waals surface area (Å²) in [6.45, 7) is 6.59. The molecule has 0 spiro atoms. The van der Waals surface area contributed by atoms with Gasteiger partial charge in [-0.2, -0.15) is 0 Å². The molecule has 1 unspecified atom stereocenters. The smallest absolute Gasteiger partial charge is 0.113 e. The number of hydrogen-bond acceptors (Lipinski definition) is 1. The second kappa shape index (κ2) is 4.52. The summed E-state index contributed by atoms with van der Waals surface area (Å²) >= 11 is 0. The molecule has 2 aromatic rings. The molecule has 2 nitrogen and oxygen atoms in total. The summed E-state index contributed by atoms with van der Waals surface area (Å²) in [5, 5.41) is 0. The molecular weight excluding hydrogens is 196 g/mol. The first kappa shape index (κ1) is 10.9. The van der Waals surface area contributed by atoms with Gasteiger partial charge in [-0.3, -0.25) is 0 Å². The van der Waals surface area contributed by atoms with Crippen molar-refractivity contribution >= 4 is 0 Å². The summed E-state index contributed by atoms with van der Waals surface area (Å²) in [7, 11) is 0. The van der Waals surface area contributed by atoms with E-state index < -0.39 is 0 Å². The highest BCUT2D eigenvalue weighted by Gasteiger charge is 2.14. The number of imidazole rings is 1. The van der Waals surface area contributed by atoms with Gasteiger partial charge in [-0.05, 0) is 30.0 Å². The summed E-state index contributed by atoms with van der Waals surface area (Å²) in [6.07, 6.45) is 4.77. The van der Waals surface area contributed by atoms with Gasteiger partial charge in [-0.15, -0.1) is 0 Å². The van der Waals surface area contributed by atoms with Crippen LogP contribution < -0.4 is 0 Å². The predicted octanol–water partition coefficient (Wildman–Crippen LogP) is 3.43. The Morgan fingerprint density at radius 3 is 2.81 bits per heavy atom. The van der Waals surface area contributed by atoms with E-state index in [1.807, 2.05) is 12.4 Å². The molecule has 2 heteroatoms. The van der Waals surface area contributed by atoms with Crippen molar-refractivity contribution in [3.05, 3.63) is 53.1 Å². The molecule has 0 saturated carbocycles. The van der Waals surface area contributed by atoms with E-state index in [1.165, 1.54) is 16.7 Å². The zero-order valence-electron chi connectivity index (χ0n) is 10.1. The highest BCUT2D eigenvalue weighted by atomic mass is 14.9. The number of rotatable bonds is 3. The summed E-state index contributed by atoms with van der Waals surface area (Å²) in [4.78, 5) is 7.54. The van der Waals surface area contributed by atoms with E-state index in [1.54, 1.807) is 0 Å². The quantitative estimate of drug-likeness (QED) is 0.833. The summed E-state index contributed by atoms with van der Waals surface area (Å²) in [5.41, 5.74) is 4.21. The van der Waals surface area contributed by atoms with Crippen LogP contribution in [0.1, 0.15) is 42.3 Å². The van der Waals surface area contributed by atoms with E-state index >= 15 is 0 Å². The lowest BCUT2D eigenvalue weighted by Crippen LogP contribution is -2.03. The molecule has 0 fully saturated rings. The molecule has 16 heavy (non-hydrogen) atoms. The second-order valence-corrected chi connectivity index (χ2v) is 4.19. The van der Waals surface area contributed by atoms with Crippen molar-refractivity contribution in [2.45, 2.75) is 33.1 Å². The van der Waals surface area contributed by atoms with Gasteiger partial charge in [0.1, 0.15) is 5.82 Å². The fraction of sp³-hybridized carbons (Fsp3) is 0.357. The summed E-state index contributed by atoms with van der Waals surface area (Å²) < 4.78 is 0. The third kappa shape index (κ3) is 1.87. The maximum atomic E-state index is 4.34. The number of nitrogens with one attached hydrogen (secondary N) is 1. The molecular formula is C14H18N2. The maximum absolute atomic E-state index is 4.34. The molecule has 2 rings (SSSR count). The summed E-state index contributed by atoms with van der Waals surface area (Å²) in [5.74, 6) is 1.38. The van der Waals surface area contributed by atoms with Gasteiger partial charge in [0, 0.05) is 18.3 Å². The highest BCUT2D eigenvalue weighted by Crippen LogP contribution is 2.26. The van der Waals surface area contributed by atoms with Crippen LogP contribution in [0.2, 0.25) is 0 Å². The Kier molecular flexibility index (Phi) is 3.09. The number of aromatic nitrogens is 2. The first-order valence-corrected chi connectivity index (χ1v) is 5.81. The van der Waals surface area contributed by atoms with Crippen molar-refractivity contribution < 1.29 is 0 Å². The number of H-pyrrole nitrogens is 1. The monoisotopic (exact) mass is 214 g/mol. The van der Waals surface area contributed by atoms with Gasteiger partial charge in [0.05, 0.1) is 0 Å². The SMILES string of the molecule is CCc1c(C)cccc1C(C)c1ncc[nH]1. The number of benzene rings is 1. The van der Waals surface area contributed by atoms with Crippen LogP contribution in [-0.4, -0.2) is 9.97 Å². The second-order valence-electron chi connectivity index (χ2n) is 4.19. The topological polar surface area (TPSA) is 28.7 Å². The lowest BCUT2D eigenvalue weighted by molar-refractivity contribution is 0.821. The molecule has 0 aliphatic heterocycles. The van der Waals surface area contributed by atoms with Crippen molar-refractivity contribution in [2.24, 2.45) is 0 Å². The van der Waals surface area contributed by atoms with Gasteiger partial charge in [-0.1, -0.05) is 32.0 Å². The average Bonchev–Trinajstić information content (AvgIpc) is 2.81. The van der Waals surface area contributed by atoms with Crippen molar-refractivity contribution in [2.75, 3.05) is 0 Å². The van der Waals surface area contributed by atoms with Gasteiger partial charge in [0.15, 0.2) is 0 Å². The highest BCUT2D eigenvalue weighted by molar-refractivity contribution is 5.38. The predicted molar refractivity (Wildman–Crippen MR) is 66.7 cm³/mol. The molecule has 1 aromatic heterocycles. The van der Waals surface area contributed by atoms with E-state index in [0.29, 0.717) is 5.92 Å². The Balaban J connectivity index is 2.44. The molecule has 0 bridgehead atoms. The summed E-state index contributed by atoms with van der Waals surface area (Å²) in [6, 6.07) is 6.51. The van der Waals surface area contributed by atoms with Crippen LogP contribution in [0.3, 0.4) is 0 Å². The molecule has 1 atom stereocenters. The van der Waals surface area contributed by atoms with Gasteiger partial charge < -0.3 is 4.98 Å². The van der Waals surface area contributed by atoms with Crippen LogP contribution in [-0.2, 0) is 6.42 Å². The fourth-order valence-corrected chi connectivity index (χ4v) is 2.28. The van der Waals surface area contributed by atoms with Crippen molar-refractivity contribution in [1.29, 1.82) is 0 Å². The van der Waals surface area contributed by atoms with E-state index in [2.05, 4.69) is 48.9 Å². The molecule has 84 valence electrons. The minimum atomic E-state index is 0.338. The lowest BCUT2D eigenvalue weighted by atomic mass is 9.91. The molecule has 0 aliphatic rings. The largest absolute Gasteiger partial charge is 0.348 e. The van der Waals surface area contributed by atoms with Crippen LogP contribution in [0, 0.1) is 6.92 Å². The lowest BCUT2D eigenvalue weighted by Gasteiger charge is -2.15. The molecule has 1 aromatic carbocycles. The van der Waals surface area contributed by atoms with Crippen molar-refractivity contribution in [3.8, 4) is 0 Å². The number of aryl methyl sites for hydroxylation is 1. The van der Waals surface area contributed by atoms with Gasteiger partial charge in [0.2, 0.25) is 0 Å². The molecule has 1 N–H and O–H groups in total. The molecule has 0 aliphatic carbocycles. The Morgan fingerprint density at radius 1 is 1.38 bits per heavy atom. The number of nitrogens with zero attached hydrogens (tertiary/aromatic N) is 1. The Labute approximate surface area is 96.7 Å². The van der Waals surface area contributed by atoms with Gasteiger partial charge in [-0.25, -0.2) is 4.98 Å². The third-order valence-electron chi connectivity index (χ3n) is 3.20. The van der Waals surface area contributed by atoms with Gasteiger partial charge >= 0.3 is 0 Å². The van der Waals surface area contributed by atoms with Crippen LogP contribution >= 0.6 is 0 Å². The minimum absolute atomic E-state index is 0.338. The van der Waals surface area contributed by atoms with E-state index in [0.717, 1.165) is 12.2 Å². The fourth-order valence-electron chi connectivity index (χ4n) is 2.28. The van der Waals surface area contributed by atoms with Crippen molar-refractivity contribution in [3.63, 3.8) is 0 Å². The van der Waals surface area contributed by atoms with Crippen LogP contribution in [0.4, 0.5) is 0 Å². The first-order chi connectivity index (χ1) is 7.74. The van der Waals surface area contributed by atoms with Gasteiger partial charge in [0.25, 0.3) is 0 Å². The zero-order valence-corrected chi connectivity index (χ0v) is 10.1. The molecule has 1 heterocycles. The van der Waals surface area contributed by atoms with Crippen LogP contribution in [0.15, 0.2) is 30.6 Å². The van der Waals surface area contributed by atoms with Crippen LogP contribution in [0.25, 0.3) is 0 Å². The first-order valence-electron chi connectivity index (χ1n) is 5.81. The maximum Gasteiger partial charge on any atom is 0.113 e. The molecule has 0 saturated heterocycles. The zero-order chi connectivity index (χ0) is 11.5. The number of aromatic amines is 1. The molecule has 0 amide bonds. The average molecular weight is 214 g/mol. The van der Waals surface area contributed by atoms with Crippen molar-refractivity contribution in [1.82, 2.24) is 9.97 Å². The van der Waals surface area contributed by atoms with Crippen LogP contribution in [0.5, 0.6) is 0 Å². The minimum Gasteiger partial charge on any atom is -0.348 e. The van der Waals surface area contributed by atoms with E-state index in [9.17, 15) is 0 Å². The van der Waals surface area contributed by atoms with E-state index in [4.69, 9.17) is 0 Å². The Hall–Kier alpha value is -1.57. The standard InChI is InChI=1S/C14H18N2/c1-4-12-10(2)6-5-7-13(12)11(3)14-15-8-9-16-14/h5-9,11H,4H2,1-3H3,(H,15,16). The molecule has 0 radical (unpaired) electrons. The van der Waals surface area contributed by atoms with E-state index in [-0.39, 0.29) is 0 Å². The Morgan fingerprint density at radius 2 is 2.19 bits per heavy atom. The number of hydrogen-bond donors (Lipinski definition) is 1. The Bertz CT molecular complexity index is 458.